The SMILES string of the molecule is CS(=O)(=O)CCS(=O)(=O)Cc1cccc(CN)c1. The van der Waals surface area contributed by atoms with Crippen molar-refractivity contribution in [3.63, 3.8) is 0 Å². The lowest BCUT2D eigenvalue weighted by Crippen LogP contribution is -2.17. The zero-order valence-corrected chi connectivity index (χ0v) is 11.8. The summed E-state index contributed by atoms with van der Waals surface area (Å²) in [5.41, 5.74) is 6.95. The van der Waals surface area contributed by atoms with Gasteiger partial charge in [-0.15, -0.1) is 0 Å². The van der Waals surface area contributed by atoms with Gasteiger partial charge in [-0.25, -0.2) is 16.8 Å². The van der Waals surface area contributed by atoms with Gasteiger partial charge >= 0.3 is 0 Å². The van der Waals surface area contributed by atoms with E-state index in [-0.39, 0.29) is 17.3 Å². The Kier molecular flexibility index (Phi) is 4.89. The standard InChI is InChI=1S/C11H17NO4S2/c1-17(13,14)5-6-18(15,16)9-11-4-2-3-10(7-11)8-12/h2-4,7H,5-6,8-9,12H2,1H3. The summed E-state index contributed by atoms with van der Waals surface area (Å²) in [7, 11) is -6.67. The summed E-state index contributed by atoms with van der Waals surface area (Å²) in [6, 6.07) is 6.96. The van der Waals surface area contributed by atoms with Crippen molar-refractivity contribution < 1.29 is 16.8 Å². The molecule has 0 fully saturated rings. The van der Waals surface area contributed by atoms with Gasteiger partial charge in [-0.3, -0.25) is 0 Å². The minimum Gasteiger partial charge on any atom is -0.326 e. The molecule has 1 rings (SSSR count). The second-order valence-electron chi connectivity index (χ2n) is 4.25. The van der Waals surface area contributed by atoms with E-state index < -0.39 is 19.7 Å². The molecule has 7 heteroatoms. The van der Waals surface area contributed by atoms with E-state index in [1.54, 1.807) is 18.2 Å². The molecule has 1 aromatic carbocycles. The van der Waals surface area contributed by atoms with E-state index in [9.17, 15) is 16.8 Å². The van der Waals surface area contributed by atoms with Crippen LogP contribution in [0.15, 0.2) is 24.3 Å². The molecule has 0 aliphatic heterocycles. The molecule has 0 bridgehead atoms. The second-order valence-corrected chi connectivity index (χ2v) is 8.69. The number of nitrogens with two attached hydrogens (primary N) is 1. The van der Waals surface area contributed by atoms with Crippen LogP contribution in [0.4, 0.5) is 0 Å². The maximum absolute atomic E-state index is 11.8. The molecule has 0 unspecified atom stereocenters. The molecule has 0 aromatic heterocycles. The Hall–Kier alpha value is -0.920. The van der Waals surface area contributed by atoms with E-state index in [0.717, 1.165) is 11.8 Å². The smallest absolute Gasteiger partial charge is 0.155 e. The predicted molar refractivity (Wildman–Crippen MR) is 71.5 cm³/mol. The predicted octanol–water partition coefficient (Wildman–Crippen LogP) is 0.105. The summed E-state index contributed by atoms with van der Waals surface area (Å²) in [4.78, 5) is 0. The molecule has 0 aliphatic rings. The molecule has 18 heavy (non-hydrogen) atoms. The van der Waals surface area contributed by atoms with Gasteiger partial charge in [0.05, 0.1) is 17.3 Å². The molecular formula is C11H17NO4S2. The first kappa shape index (κ1) is 15.1. The fourth-order valence-electron chi connectivity index (χ4n) is 1.45. The molecule has 2 N–H and O–H groups in total. The summed E-state index contributed by atoms with van der Waals surface area (Å²) < 4.78 is 45.4. The molecule has 0 aliphatic carbocycles. The van der Waals surface area contributed by atoms with Crippen LogP contribution in [0.3, 0.4) is 0 Å². The van der Waals surface area contributed by atoms with Crippen LogP contribution in [0.25, 0.3) is 0 Å². The number of hydrogen-bond acceptors (Lipinski definition) is 5. The lowest BCUT2D eigenvalue weighted by Gasteiger charge is -2.05. The van der Waals surface area contributed by atoms with Crippen molar-refractivity contribution in [2.75, 3.05) is 17.8 Å². The highest BCUT2D eigenvalue weighted by atomic mass is 32.2. The van der Waals surface area contributed by atoms with Crippen molar-refractivity contribution in [3.8, 4) is 0 Å². The number of rotatable bonds is 6. The molecule has 1 aromatic rings. The summed E-state index contributed by atoms with van der Waals surface area (Å²) in [5.74, 6) is -0.846. The van der Waals surface area contributed by atoms with Gasteiger partial charge in [0.15, 0.2) is 9.84 Å². The van der Waals surface area contributed by atoms with E-state index in [4.69, 9.17) is 5.73 Å². The Bertz CT molecular complexity index is 606. The molecule has 0 atom stereocenters. The summed E-state index contributed by atoms with van der Waals surface area (Å²) >= 11 is 0. The lowest BCUT2D eigenvalue weighted by molar-refractivity contribution is 0.589. The van der Waals surface area contributed by atoms with E-state index in [1.165, 1.54) is 0 Å². The van der Waals surface area contributed by atoms with Crippen LogP contribution in [-0.4, -0.2) is 34.6 Å². The number of hydrogen-bond donors (Lipinski definition) is 1. The topological polar surface area (TPSA) is 94.3 Å². The Labute approximate surface area is 108 Å². The summed E-state index contributed by atoms with van der Waals surface area (Å²) in [6.07, 6.45) is 1.03. The van der Waals surface area contributed by atoms with E-state index in [0.29, 0.717) is 12.1 Å². The van der Waals surface area contributed by atoms with E-state index in [2.05, 4.69) is 0 Å². The maximum Gasteiger partial charge on any atom is 0.155 e. The minimum absolute atomic E-state index is 0.156. The van der Waals surface area contributed by atoms with Gasteiger partial charge in [-0.05, 0) is 11.1 Å². The van der Waals surface area contributed by atoms with Crippen molar-refractivity contribution in [3.05, 3.63) is 35.4 Å². The Morgan fingerprint density at radius 3 is 2.22 bits per heavy atom. The highest BCUT2D eigenvalue weighted by Gasteiger charge is 2.15. The zero-order chi connectivity index (χ0) is 13.8. The largest absolute Gasteiger partial charge is 0.326 e. The average Bonchev–Trinajstić information content (AvgIpc) is 2.25. The van der Waals surface area contributed by atoms with Crippen LogP contribution in [0.1, 0.15) is 11.1 Å². The first-order valence-electron chi connectivity index (χ1n) is 5.38. The fraction of sp³-hybridized carbons (Fsp3) is 0.455. The highest BCUT2D eigenvalue weighted by molar-refractivity contribution is 7.94. The minimum atomic E-state index is -3.41. The van der Waals surface area contributed by atoms with Gasteiger partial charge in [0.1, 0.15) is 9.84 Å². The fourth-order valence-corrected chi connectivity index (χ4v) is 4.51. The monoisotopic (exact) mass is 291 g/mol. The summed E-state index contributed by atoms with van der Waals surface area (Å²) in [6.45, 7) is 0.344. The normalized spacial score (nSPS) is 12.6. The Balaban J connectivity index is 2.76. The van der Waals surface area contributed by atoms with Crippen LogP contribution in [0, 0.1) is 0 Å². The van der Waals surface area contributed by atoms with Crippen LogP contribution in [-0.2, 0) is 32.0 Å². The Morgan fingerprint density at radius 2 is 1.67 bits per heavy atom. The highest BCUT2D eigenvalue weighted by Crippen LogP contribution is 2.10. The van der Waals surface area contributed by atoms with Gasteiger partial charge < -0.3 is 5.73 Å². The van der Waals surface area contributed by atoms with Crippen LogP contribution in [0.5, 0.6) is 0 Å². The third kappa shape index (κ3) is 5.61. The van der Waals surface area contributed by atoms with Crippen molar-refractivity contribution in [1.82, 2.24) is 0 Å². The molecule has 0 radical (unpaired) electrons. The van der Waals surface area contributed by atoms with Crippen molar-refractivity contribution in [2.24, 2.45) is 5.73 Å². The van der Waals surface area contributed by atoms with Gasteiger partial charge in [0.2, 0.25) is 0 Å². The lowest BCUT2D eigenvalue weighted by atomic mass is 10.1. The Morgan fingerprint density at radius 1 is 1.06 bits per heavy atom. The van der Waals surface area contributed by atoms with Crippen molar-refractivity contribution in [2.45, 2.75) is 12.3 Å². The number of benzene rings is 1. The third-order valence-electron chi connectivity index (χ3n) is 2.38. The van der Waals surface area contributed by atoms with Gasteiger partial charge in [-0.2, -0.15) is 0 Å². The number of sulfone groups is 2. The van der Waals surface area contributed by atoms with E-state index >= 15 is 0 Å². The average molecular weight is 291 g/mol. The first-order chi connectivity index (χ1) is 8.22. The molecule has 5 nitrogen and oxygen atoms in total. The van der Waals surface area contributed by atoms with Crippen LogP contribution in [0.2, 0.25) is 0 Å². The van der Waals surface area contributed by atoms with Crippen molar-refractivity contribution >= 4 is 19.7 Å². The van der Waals surface area contributed by atoms with Crippen LogP contribution >= 0.6 is 0 Å². The molecule has 0 saturated carbocycles. The van der Waals surface area contributed by atoms with Gasteiger partial charge in [0, 0.05) is 12.8 Å². The van der Waals surface area contributed by atoms with Crippen LogP contribution < -0.4 is 5.73 Å². The maximum atomic E-state index is 11.8. The molecule has 0 amide bonds. The molecule has 0 saturated heterocycles. The first-order valence-corrected chi connectivity index (χ1v) is 9.26. The second kappa shape index (κ2) is 5.81. The zero-order valence-electron chi connectivity index (χ0n) is 10.2. The molecule has 102 valence electrons. The quantitative estimate of drug-likeness (QED) is 0.802. The van der Waals surface area contributed by atoms with E-state index in [1.807, 2.05) is 6.07 Å². The van der Waals surface area contributed by atoms with Gasteiger partial charge in [-0.1, -0.05) is 24.3 Å². The molecular weight excluding hydrogens is 274 g/mol. The molecule has 0 spiro atoms. The third-order valence-corrected chi connectivity index (χ3v) is 5.18. The molecule has 0 heterocycles. The van der Waals surface area contributed by atoms with Crippen molar-refractivity contribution in [1.29, 1.82) is 0 Å². The summed E-state index contributed by atoms with van der Waals surface area (Å²) in [5, 5.41) is 0. The van der Waals surface area contributed by atoms with Gasteiger partial charge in [0.25, 0.3) is 0 Å².